The van der Waals surface area contributed by atoms with Crippen molar-refractivity contribution in [1.29, 1.82) is 0 Å². The molecule has 0 unspecified atom stereocenters. The number of carbonyl (C=O) groups excluding carboxylic acids is 2. The molecule has 176 valence electrons. The number of amides is 1. The number of nitro groups is 1. The van der Waals surface area contributed by atoms with E-state index in [0.717, 1.165) is 16.9 Å². The lowest BCUT2D eigenvalue weighted by atomic mass is 9.94. The quantitative estimate of drug-likeness (QED) is 0.193. The lowest BCUT2D eigenvalue weighted by Gasteiger charge is -2.25. The summed E-state index contributed by atoms with van der Waals surface area (Å²) in [5.41, 5.74) is 2.46. The third-order valence-corrected chi connectivity index (χ3v) is 6.32. The van der Waals surface area contributed by atoms with Gasteiger partial charge in [-0.15, -0.1) is 0 Å². The van der Waals surface area contributed by atoms with E-state index in [-0.39, 0.29) is 29.7 Å². The van der Waals surface area contributed by atoms with E-state index < -0.39 is 22.7 Å². The van der Waals surface area contributed by atoms with Crippen LogP contribution in [0.3, 0.4) is 0 Å². The van der Waals surface area contributed by atoms with Crippen LogP contribution < -0.4 is 4.74 Å². The smallest absolute Gasteiger partial charge is 0.295 e. The number of aliphatic hydroxyl groups excluding tert-OH is 1. The SMILES string of the molecule is C[C@@H]1Cc2cc(C(O)=C3C(=O)C(=O)N(Cc4ccccc4)[C@H]3c3ccc([N+](=O)[O-])cc3)ccc2O1. The van der Waals surface area contributed by atoms with Crippen molar-refractivity contribution in [2.75, 3.05) is 0 Å². The molecular weight excluding hydrogens is 448 g/mol. The molecule has 2 aliphatic heterocycles. The summed E-state index contributed by atoms with van der Waals surface area (Å²) in [7, 11) is 0. The van der Waals surface area contributed by atoms with Crippen molar-refractivity contribution >= 4 is 23.1 Å². The number of likely N-dealkylation sites (tertiary alicyclic amines) is 1. The average molecular weight is 470 g/mol. The molecule has 0 spiro atoms. The number of nitro benzene ring substituents is 1. The maximum absolute atomic E-state index is 13.2. The Morgan fingerprint density at radius 3 is 2.49 bits per heavy atom. The molecule has 3 aromatic carbocycles. The topological polar surface area (TPSA) is 110 Å². The molecule has 5 rings (SSSR count). The summed E-state index contributed by atoms with van der Waals surface area (Å²) in [5.74, 6) is -1.10. The van der Waals surface area contributed by atoms with Crippen LogP contribution in [0.5, 0.6) is 5.75 Å². The molecule has 1 amide bonds. The van der Waals surface area contributed by atoms with Crippen molar-refractivity contribution in [1.82, 2.24) is 4.90 Å². The van der Waals surface area contributed by atoms with Crippen LogP contribution in [0.2, 0.25) is 0 Å². The van der Waals surface area contributed by atoms with Gasteiger partial charge >= 0.3 is 0 Å². The monoisotopic (exact) mass is 470 g/mol. The second kappa shape index (κ2) is 8.72. The van der Waals surface area contributed by atoms with Crippen molar-refractivity contribution in [3.8, 4) is 5.75 Å². The van der Waals surface area contributed by atoms with Gasteiger partial charge in [0, 0.05) is 30.7 Å². The molecule has 1 N–H and O–H groups in total. The molecule has 1 fully saturated rings. The normalized spacial score (nSPS) is 20.5. The zero-order chi connectivity index (χ0) is 24.7. The van der Waals surface area contributed by atoms with Crippen LogP contribution in [-0.4, -0.2) is 32.7 Å². The number of hydrogen-bond acceptors (Lipinski definition) is 6. The number of Topliss-reactive ketones (excluding diaryl/α,β-unsaturated/α-hetero) is 1. The highest BCUT2D eigenvalue weighted by atomic mass is 16.6. The second-order valence-electron chi connectivity index (χ2n) is 8.72. The summed E-state index contributed by atoms with van der Waals surface area (Å²) in [6, 6.07) is 19.1. The summed E-state index contributed by atoms with van der Waals surface area (Å²) in [5, 5.41) is 22.4. The van der Waals surface area contributed by atoms with Crippen LogP contribution in [-0.2, 0) is 22.6 Å². The molecule has 1 saturated heterocycles. The van der Waals surface area contributed by atoms with Crippen LogP contribution in [0.15, 0.2) is 78.4 Å². The predicted molar refractivity (Wildman–Crippen MR) is 128 cm³/mol. The van der Waals surface area contributed by atoms with E-state index in [9.17, 15) is 24.8 Å². The molecule has 2 heterocycles. The van der Waals surface area contributed by atoms with E-state index in [4.69, 9.17) is 4.74 Å². The highest BCUT2D eigenvalue weighted by Gasteiger charge is 2.46. The Hall–Kier alpha value is -4.46. The largest absolute Gasteiger partial charge is 0.507 e. The molecule has 2 atom stereocenters. The summed E-state index contributed by atoms with van der Waals surface area (Å²) < 4.78 is 5.73. The Bertz CT molecular complexity index is 1360. The van der Waals surface area contributed by atoms with Crippen LogP contribution in [0, 0.1) is 10.1 Å². The first-order valence-electron chi connectivity index (χ1n) is 11.2. The van der Waals surface area contributed by atoms with Gasteiger partial charge in [0.2, 0.25) is 0 Å². The molecule has 0 radical (unpaired) electrons. The first-order valence-corrected chi connectivity index (χ1v) is 11.2. The van der Waals surface area contributed by atoms with E-state index >= 15 is 0 Å². The number of nitrogens with zero attached hydrogens (tertiary/aromatic N) is 2. The Morgan fingerprint density at radius 2 is 1.80 bits per heavy atom. The van der Waals surface area contributed by atoms with Gasteiger partial charge < -0.3 is 14.7 Å². The van der Waals surface area contributed by atoms with Crippen molar-refractivity contribution < 1.29 is 24.4 Å². The summed E-state index contributed by atoms with van der Waals surface area (Å²) in [6.07, 6.45) is 0.684. The minimum atomic E-state index is -0.903. The standard InChI is InChI=1S/C27H22N2O6/c1-16-13-20-14-19(9-12-22(20)35-16)25(30)23-24(18-7-10-21(11-8-18)29(33)34)28(27(32)26(23)31)15-17-5-3-2-4-6-17/h2-12,14,16,24,30H,13,15H2,1H3/t16-,24+/m1/s1. The summed E-state index contributed by atoms with van der Waals surface area (Å²) >= 11 is 0. The van der Waals surface area contributed by atoms with E-state index in [2.05, 4.69) is 0 Å². The van der Waals surface area contributed by atoms with Crippen LogP contribution in [0.25, 0.3) is 5.76 Å². The van der Waals surface area contributed by atoms with Crippen LogP contribution >= 0.6 is 0 Å². The number of rotatable bonds is 5. The number of fused-ring (bicyclic) bond motifs is 1. The highest BCUT2D eigenvalue weighted by molar-refractivity contribution is 6.46. The molecule has 0 saturated carbocycles. The molecule has 2 aliphatic rings. The van der Waals surface area contributed by atoms with Crippen molar-refractivity contribution in [3.63, 3.8) is 0 Å². The Morgan fingerprint density at radius 1 is 1.09 bits per heavy atom. The van der Waals surface area contributed by atoms with Gasteiger partial charge in [-0.1, -0.05) is 30.3 Å². The molecule has 8 nitrogen and oxygen atoms in total. The van der Waals surface area contributed by atoms with Crippen LogP contribution in [0.4, 0.5) is 5.69 Å². The zero-order valence-electron chi connectivity index (χ0n) is 18.9. The second-order valence-corrected chi connectivity index (χ2v) is 8.72. The maximum Gasteiger partial charge on any atom is 0.295 e. The van der Waals surface area contributed by atoms with E-state index in [1.165, 1.54) is 29.2 Å². The third-order valence-electron chi connectivity index (χ3n) is 6.32. The number of hydrogen-bond donors (Lipinski definition) is 1. The molecule has 8 heteroatoms. The average Bonchev–Trinajstić information content (AvgIpc) is 3.35. The number of benzene rings is 3. The fourth-order valence-corrected chi connectivity index (χ4v) is 4.67. The number of ether oxygens (including phenoxy) is 1. The van der Waals surface area contributed by atoms with E-state index in [1.807, 2.05) is 37.3 Å². The van der Waals surface area contributed by atoms with Gasteiger partial charge in [-0.05, 0) is 53.9 Å². The predicted octanol–water partition coefficient (Wildman–Crippen LogP) is 4.54. The molecule has 3 aromatic rings. The van der Waals surface area contributed by atoms with Gasteiger partial charge in [-0.3, -0.25) is 19.7 Å². The number of ketones is 1. The molecular formula is C27H22N2O6. The molecule has 0 aliphatic carbocycles. The Balaban J connectivity index is 1.63. The lowest BCUT2D eigenvalue weighted by Crippen LogP contribution is -2.29. The molecule has 0 bridgehead atoms. The van der Waals surface area contributed by atoms with Gasteiger partial charge in [-0.25, -0.2) is 0 Å². The first kappa shape index (κ1) is 22.3. The fourth-order valence-electron chi connectivity index (χ4n) is 4.67. The Kier molecular flexibility index (Phi) is 5.56. The summed E-state index contributed by atoms with van der Waals surface area (Å²) in [4.78, 5) is 38.4. The van der Waals surface area contributed by atoms with Gasteiger partial charge in [0.1, 0.15) is 17.6 Å². The fraction of sp³-hybridized carbons (Fsp3) is 0.185. The third kappa shape index (κ3) is 4.03. The lowest BCUT2D eigenvalue weighted by molar-refractivity contribution is -0.384. The molecule has 35 heavy (non-hydrogen) atoms. The zero-order valence-corrected chi connectivity index (χ0v) is 18.9. The van der Waals surface area contributed by atoms with Crippen LogP contribution in [0.1, 0.15) is 35.2 Å². The van der Waals surface area contributed by atoms with Crippen molar-refractivity contribution in [2.24, 2.45) is 0 Å². The maximum atomic E-state index is 13.2. The number of carbonyl (C=O) groups is 2. The first-order chi connectivity index (χ1) is 16.8. The van der Waals surface area contributed by atoms with Crippen molar-refractivity contribution in [3.05, 3.63) is 111 Å². The van der Waals surface area contributed by atoms with Gasteiger partial charge in [0.15, 0.2) is 0 Å². The van der Waals surface area contributed by atoms with Crippen molar-refractivity contribution in [2.45, 2.75) is 32.0 Å². The highest BCUT2D eigenvalue weighted by Crippen LogP contribution is 2.41. The van der Waals surface area contributed by atoms with Gasteiger partial charge in [-0.2, -0.15) is 0 Å². The summed E-state index contributed by atoms with van der Waals surface area (Å²) in [6.45, 7) is 2.09. The minimum Gasteiger partial charge on any atom is -0.507 e. The number of non-ortho nitro benzene ring substituents is 1. The van der Waals surface area contributed by atoms with Gasteiger partial charge in [0.25, 0.3) is 17.4 Å². The Labute approximate surface area is 201 Å². The van der Waals surface area contributed by atoms with E-state index in [0.29, 0.717) is 17.5 Å². The van der Waals surface area contributed by atoms with Gasteiger partial charge in [0.05, 0.1) is 16.5 Å². The van der Waals surface area contributed by atoms with E-state index in [1.54, 1.807) is 18.2 Å². The minimum absolute atomic E-state index is 0.0129. The molecule has 0 aromatic heterocycles. The number of aliphatic hydroxyl groups is 1.